The van der Waals surface area contributed by atoms with E-state index in [1.54, 1.807) is 18.3 Å². The molecule has 18 heavy (non-hydrogen) atoms. The predicted octanol–water partition coefficient (Wildman–Crippen LogP) is 1.97. The van der Waals surface area contributed by atoms with Crippen LogP contribution in [0.3, 0.4) is 0 Å². The van der Waals surface area contributed by atoms with Crippen LogP contribution in [0.4, 0.5) is 0 Å². The minimum atomic E-state index is -0.317. The van der Waals surface area contributed by atoms with Gasteiger partial charge in [0.1, 0.15) is 12.6 Å². The number of carbonyl (C=O) groups is 1. The zero-order chi connectivity index (χ0) is 13.0. The second-order valence-electron chi connectivity index (χ2n) is 5.04. The molecule has 98 valence electrons. The zero-order valence-electron chi connectivity index (χ0n) is 10.7. The lowest BCUT2D eigenvalue weighted by Crippen LogP contribution is -2.28. The Morgan fingerprint density at radius 2 is 2.06 bits per heavy atom. The predicted molar refractivity (Wildman–Crippen MR) is 68.2 cm³/mol. The second kappa shape index (κ2) is 5.85. The molecule has 1 aromatic rings. The van der Waals surface area contributed by atoms with Crippen LogP contribution in [0.1, 0.15) is 32.6 Å². The standard InChI is InChI=1S/C14H19NO3/c1-11-5-7-12(8-6-11)18-14(17)10-15-9-3-2-4-13(15)16/h2-4,9,11-12H,5-8,10H2,1H3. The van der Waals surface area contributed by atoms with Crippen molar-refractivity contribution >= 4 is 5.97 Å². The quantitative estimate of drug-likeness (QED) is 0.769. The normalized spacial score (nSPS) is 23.6. The molecule has 1 fully saturated rings. The number of aromatic nitrogens is 1. The maximum atomic E-state index is 11.7. The molecule has 0 bridgehead atoms. The van der Waals surface area contributed by atoms with Crippen molar-refractivity contribution in [3.8, 4) is 0 Å². The van der Waals surface area contributed by atoms with Crippen molar-refractivity contribution < 1.29 is 9.53 Å². The van der Waals surface area contributed by atoms with Crippen LogP contribution in [-0.2, 0) is 16.1 Å². The SMILES string of the molecule is CC1CCC(OC(=O)Cn2ccccc2=O)CC1. The maximum absolute atomic E-state index is 11.7. The van der Waals surface area contributed by atoms with Crippen molar-refractivity contribution in [3.63, 3.8) is 0 Å². The van der Waals surface area contributed by atoms with Crippen molar-refractivity contribution in [1.82, 2.24) is 4.57 Å². The summed E-state index contributed by atoms with van der Waals surface area (Å²) >= 11 is 0. The maximum Gasteiger partial charge on any atom is 0.326 e. The summed E-state index contributed by atoms with van der Waals surface area (Å²) in [5.41, 5.74) is -0.174. The van der Waals surface area contributed by atoms with Crippen molar-refractivity contribution in [2.75, 3.05) is 0 Å². The molecular formula is C14H19NO3. The molecule has 1 aliphatic carbocycles. The van der Waals surface area contributed by atoms with Gasteiger partial charge >= 0.3 is 5.97 Å². The minimum absolute atomic E-state index is 0.00568. The topological polar surface area (TPSA) is 48.3 Å². The highest BCUT2D eigenvalue weighted by molar-refractivity contribution is 5.69. The lowest BCUT2D eigenvalue weighted by Gasteiger charge is -2.26. The van der Waals surface area contributed by atoms with Gasteiger partial charge in [0.2, 0.25) is 0 Å². The van der Waals surface area contributed by atoms with E-state index in [0.717, 1.165) is 31.6 Å². The molecule has 1 saturated carbocycles. The van der Waals surface area contributed by atoms with Crippen LogP contribution in [0.5, 0.6) is 0 Å². The molecule has 1 aromatic heterocycles. The lowest BCUT2D eigenvalue weighted by molar-refractivity contribution is -0.151. The van der Waals surface area contributed by atoms with E-state index < -0.39 is 0 Å². The Balaban J connectivity index is 1.86. The van der Waals surface area contributed by atoms with Gasteiger partial charge in [-0.05, 0) is 37.7 Å². The average molecular weight is 249 g/mol. The van der Waals surface area contributed by atoms with E-state index in [2.05, 4.69) is 6.92 Å². The summed E-state index contributed by atoms with van der Waals surface area (Å²) in [5, 5.41) is 0. The first kappa shape index (κ1) is 12.9. The summed E-state index contributed by atoms with van der Waals surface area (Å²) in [4.78, 5) is 23.2. The number of esters is 1. The van der Waals surface area contributed by atoms with Gasteiger partial charge < -0.3 is 9.30 Å². The van der Waals surface area contributed by atoms with Crippen molar-refractivity contribution in [2.24, 2.45) is 5.92 Å². The van der Waals surface area contributed by atoms with Gasteiger partial charge in [-0.25, -0.2) is 0 Å². The third-order valence-corrected chi connectivity index (χ3v) is 3.46. The van der Waals surface area contributed by atoms with E-state index in [9.17, 15) is 9.59 Å². The summed E-state index contributed by atoms with van der Waals surface area (Å²) in [6.07, 6.45) is 5.75. The summed E-state index contributed by atoms with van der Waals surface area (Å²) in [5.74, 6) is 0.416. The number of pyridine rings is 1. The fourth-order valence-electron chi connectivity index (χ4n) is 2.30. The average Bonchev–Trinajstić information content (AvgIpc) is 2.35. The molecule has 0 unspecified atom stereocenters. The molecule has 1 heterocycles. The van der Waals surface area contributed by atoms with Crippen LogP contribution >= 0.6 is 0 Å². The first-order valence-electron chi connectivity index (χ1n) is 6.50. The van der Waals surface area contributed by atoms with Crippen LogP contribution in [-0.4, -0.2) is 16.6 Å². The van der Waals surface area contributed by atoms with Crippen molar-refractivity contribution in [3.05, 3.63) is 34.7 Å². The lowest BCUT2D eigenvalue weighted by atomic mass is 9.89. The van der Waals surface area contributed by atoms with Crippen LogP contribution in [0, 0.1) is 5.92 Å². The van der Waals surface area contributed by atoms with E-state index >= 15 is 0 Å². The van der Waals surface area contributed by atoms with Gasteiger partial charge in [-0.3, -0.25) is 9.59 Å². The summed E-state index contributed by atoms with van der Waals surface area (Å²) in [7, 11) is 0. The fraction of sp³-hybridized carbons (Fsp3) is 0.571. The third-order valence-electron chi connectivity index (χ3n) is 3.46. The molecule has 0 radical (unpaired) electrons. The first-order valence-corrected chi connectivity index (χ1v) is 6.50. The van der Waals surface area contributed by atoms with Crippen LogP contribution in [0.2, 0.25) is 0 Å². The van der Waals surface area contributed by atoms with Gasteiger partial charge in [-0.1, -0.05) is 13.0 Å². The van der Waals surface area contributed by atoms with Gasteiger partial charge in [0.15, 0.2) is 0 Å². The Labute approximate surface area is 107 Å². The second-order valence-corrected chi connectivity index (χ2v) is 5.04. The smallest absolute Gasteiger partial charge is 0.326 e. The Morgan fingerprint density at radius 3 is 2.72 bits per heavy atom. The van der Waals surface area contributed by atoms with Gasteiger partial charge in [-0.2, -0.15) is 0 Å². The van der Waals surface area contributed by atoms with Gasteiger partial charge in [0.25, 0.3) is 5.56 Å². The molecule has 0 amide bonds. The monoisotopic (exact) mass is 249 g/mol. The van der Waals surface area contributed by atoms with Crippen LogP contribution < -0.4 is 5.56 Å². The van der Waals surface area contributed by atoms with Gasteiger partial charge in [0, 0.05) is 12.3 Å². The molecule has 0 aliphatic heterocycles. The summed E-state index contributed by atoms with van der Waals surface area (Å²) < 4.78 is 6.77. The highest BCUT2D eigenvalue weighted by atomic mass is 16.5. The van der Waals surface area contributed by atoms with Crippen LogP contribution in [0.15, 0.2) is 29.2 Å². The molecule has 0 aromatic carbocycles. The third kappa shape index (κ3) is 3.45. The van der Waals surface area contributed by atoms with E-state index in [-0.39, 0.29) is 24.2 Å². The van der Waals surface area contributed by atoms with E-state index in [4.69, 9.17) is 4.74 Å². The number of ether oxygens (including phenoxy) is 1. The molecule has 1 aliphatic rings. The molecule has 2 rings (SSSR count). The zero-order valence-corrected chi connectivity index (χ0v) is 10.7. The Morgan fingerprint density at radius 1 is 1.33 bits per heavy atom. The number of rotatable bonds is 3. The molecule has 0 spiro atoms. The summed E-state index contributed by atoms with van der Waals surface area (Å²) in [6.45, 7) is 2.23. The molecule has 0 atom stereocenters. The molecule has 4 heteroatoms. The van der Waals surface area contributed by atoms with E-state index in [1.165, 1.54) is 10.6 Å². The number of carbonyl (C=O) groups excluding carboxylic acids is 1. The molecule has 4 nitrogen and oxygen atoms in total. The fourth-order valence-corrected chi connectivity index (χ4v) is 2.30. The summed E-state index contributed by atoms with van der Waals surface area (Å²) in [6, 6.07) is 4.83. The van der Waals surface area contributed by atoms with E-state index in [1.807, 2.05) is 0 Å². The van der Waals surface area contributed by atoms with Crippen molar-refractivity contribution in [2.45, 2.75) is 45.3 Å². The first-order chi connectivity index (χ1) is 8.65. The number of hydrogen-bond donors (Lipinski definition) is 0. The molecule has 0 saturated heterocycles. The van der Waals surface area contributed by atoms with E-state index in [0.29, 0.717) is 0 Å². The highest BCUT2D eigenvalue weighted by Crippen LogP contribution is 2.25. The molecule has 0 N–H and O–H groups in total. The van der Waals surface area contributed by atoms with Crippen molar-refractivity contribution in [1.29, 1.82) is 0 Å². The van der Waals surface area contributed by atoms with Gasteiger partial charge in [-0.15, -0.1) is 0 Å². The van der Waals surface area contributed by atoms with Gasteiger partial charge in [0.05, 0.1) is 0 Å². The number of nitrogens with zero attached hydrogens (tertiary/aromatic N) is 1. The largest absolute Gasteiger partial charge is 0.461 e. The molecular weight excluding hydrogens is 230 g/mol. The Hall–Kier alpha value is -1.58. The highest BCUT2D eigenvalue weighted by Gasteiger charge is 2.21. The van der Waals surface area contributed by atoms with Crippen LogP contribution in [0.25, 0.3) is 0 Å². The Bertz CT molecular complexity index is 458. The number of hydrogen-bond acceptors (Lipinski definition) is 3. The Kier molecular flexibility index (Phi) is 4.18. The minimum Gasteiger partial charge on any atom is -0.461 e.